The van der Waals surface area contributed by atoms with Gasteiger partial charge in [0.05, 0.1) is 28.7 Å². The molecule has 11 heteroatoms. The Hall–Kier alpha value is -2.53. The second-order valence-corrected chi connectivity index (χ2v) is 9.13. The molecule has 0 saturated carbocycles. The van der Waals surface area contributed by atoms with Crippen LogP contribution in [0.4, 0.5) is 4.39 Å². The van der Waals surface area contributed by atoms with Crippen LogP contribution in [0.1, 0.15) is 22.3 Å². The predicted octanol–water partition coefficient (Wildman–Crippen LogP) is 1.89. The molecule has 0 aromatic heterocycles. The lowest BCUT2D eigenvalue weighted by Gasteiger charge is -2.26. The lowest BCUT2D eigenvalue weighted by atomic mass is 10.1. The number of carbonyl (C=O) groups excluding carboxylic acids is 2. The Labute approximate surface area is 184 Å². The molecule has 1 heterocycles. The minimum atomic E-state index is -3.57. The number of sulfonamides is 1. The SMILES string of the molecule is O=C(CCc1ccc(S(=O)(=O)N2CCOCC2)cc1)NNC(=O)c1ccc(F)cc1Cl. The summed E-state index contributed by atoms with van der Waals surface area (Å²) in [4.78, 5) is 24.2. The van der Waals surface area contributed by atoms with Crippen LogP contribution in [0.25, 0.3) is 0 Å². The van der Waals surface area contributed by atoms with Crippen LogP contribution in [-0.4, -0.2) is 50.8 Å². The minimum Gasteiger partial charge on any atom is -0.379 e. The van der Waals surface area contributed by atoms with Gasteiger partial charge in [0, 0.05) is 19.5 Å². The van der Waals surface area contributed by atoms with E-state index in [1.54, 1.807) is 12.1 Å². The molecule has 8 nitrogen and oxygen atoms in total. The van der Waals surface area contributed by atoms with E-state index >= 15 is 0 Å². The molecule has 0 atom stereocenters. The molecule has 2 aromatic rings. The lowest BCUT2D eigenvalue weighted by Crippen LogP contribution is -2.41. The second-order valence-electron chi connectivity index (χ2n) is 6.79. The predicted molar refractivity (Wildman–Crippen MR) is 111 cm³/mol. The van der Waals surface area contributed by atoms with Crippen LogP contribution in [0.5, 0.6) is 0 Å². The summed E-state index contributed by atoms with van der Waals surface area (Å²) >= 11 is 5.81. The minimum absolute atomic E-state index is 0.0282. The first-order chi connectivity index (χ1) is 14.8. The van der Waals surface area contributed by atoms with Crippen LogP contribution < -0.4 is 10.9 Å². The zero-order valence-electron chi connectivity index (χ0n) is 16.4. The number of halogens is 2. The maximum atomic E-state index is 13.0. The fourth-order valence-electron chi connectivity index (χ4n) is 2.95. The highest BCUT2D eigenvalue weighted by Crippen LogP contribution is 2.19. The summed E-state index contributed by atoms with van der Waals surface area (Å²) in [6.07, 6.45) is 0.407. The number of aryl methyl sites for hydroxylation is 1. The Morgan fingerprint density at radius 2 is 1.74 bits per heavy atom. The van der Waals surface area contributed by atoms with Crippen LogP contribution >= 0.6 is 11.6 Å². The number of hydrogen-bond donors (Lipinski definition) is 2. The van der Waals surface area contributed by atoms with Crippen LogP contribution in [-0.2, 0) is 26.0 Å². The summed E-state index contributed by atoms with van der Waals surface area (Å²) in [6, 6.07) is 9.63. The molecular weight excluding hydrogens is 449 g/mol. The van der Waals surface area contributed by atoms with E-state index < -0.39 is 27.7 Å². The monoisotopic (exact) mass is 469 g/mol. The van der Waals surface area contributed by atoms with Gasteiger partial charge in [0.15, 0.2) is 0 Å². The summed E-state index contributed by atoms with van der Waals surface area (Å²) in [5, 5.41) is -0.0705. The quantitative estimate of drug-likeness (QED) is 0.629. The van der Waals surface area contributed by atoms with E-state index in [1.807, 2.05) is 0 Å². The summed E-state index contributed by atoms with van der Waals surface area (Å²) in [6.45, 7) is 1.38. The summed E-state index contributed by atoms with van der Waals surface area (Å²) in [7, 11) is -3.57. The second kappa shape index (κ2) is 10.2. The van der Waals surface area contributed by atoms with Gasteiger partial charge in [-0.15, -0.1) is 0 Å². The standard InChI is InChI=1S/C20H21ClFN3O5S/c21-18-13-15(22)4-7-17(18)20(27)24-23-19(26)8-3-14-1-5-16(6-2-14)31(28,29)25-9-11-30-12-10-25/h1-2,4-7,13H,3,8-12H2,(H,23,26)(H,24,27). The van der Waals surface area contributed by atoms with Gasteiger partial charge in [-0.05, 0) is 42.3 Å². The summed E-state index contributed by atoms with van der Waals surface area (Å²) in [5.41, 5.74) is 5.28. The third-order valence-electron chi connectivity index (χ3n) is 4.66. The molecule has 2 N–H and O–H groups in total. The van der Waals surface area contributed by atoms with Gasteiger partial charge >= 0.3 is 0 Å². The highest BCUT2D eigenvalue weighted by atomic mass is 35.5. The molecule has 1 aliphatic rings. The Kier molecular flexibility index (Phi) is 7.60. The molecule has 1 aliphatic heterocycles. The zero-order chi connectivity index (χ0) is 22.4. The molecule has 0 radical (unpaired) electrons. The Bertz CT molecular complexity index is 1060. The van der Waals surface area contributed by atoms with Crippen LogP contribution in [0.3, 0.4) is 0 Å². The van der Waals surface area contributed by atoms with Gasteiger partial charge in [0.1, 0.15) is 5.82 Å². The van der Waals surface area contributed by atoms with Crippen molar-refractivity contribution in [2.24, 2.45) is 0 Å². The third kappa shape index (κ3) is 6.01. The number of nitrogens with one attached hydrogen (secondary N) is 2. The zero-order valence-corrected chi connectivity index (χ0v) is 18.0. The normalized spacial score (nSPS) is 14.8. The Morgan fingerprint density at radius 3 is 2.39 bits per heavy atom. The average Bonchev–Trinajstić information content (AvgIpc) is 2.77. The number of nitrogens with zero attached hydrogens (tertiary/aromatic N) is 1. The lowest BCUT2D eigenvalue weighted by molar-refractivity contribution is -0.121. The van der Waals surface area contributed by atoms with Gasteiger partial charge in [-0.1, -0.05) is 23.7 Å². The van der Waals surface area contributed by atoms with Gasteiger partial charge in [-0.3, -0.25) is 20.4 Å². The van der Waals surface area contributed by atoms with Crippen molar-refractivity contribution >= 4 is 33.4 Å². The van der Waals surface area contributed by atoms with Crippen molar-refractivity contribution in [3.05, 3.63) is 64.4 Å². The van der Waals surface area contributed by atoms with Crippen molar-refractivity contribution in [1.29, 1.82) is 0 Å². The molecule has 0 aliphatic carbocycles. The van der Waals surface area contributed by atoms with Gasteiger partial charge in [0.2, 0.25) is 15.9 Å². The highest BCUT2D eigenvalue weighted by Gasteiger charge is 2.26. The fraction of sp³-hybridized carbons (Fsp3) is 0.300. The number of amides is 2. The largest absolute Gasteiger partial charge is 0.379 e. The third-order valence-corrected chi connectivity index (χ3v) is 6.89. The van der Waals surface area contributed by atoms with Crippen molar-refractivity contribution in [2.75, 3.05) is 26.3 Å². The van der Waals surface area contributed by atoms with Crippen molar-refractivity contribution in [2.45, 2.75) is 17.7 Å². The molecule has 31 heavy (non-hydrogen) atoms. The molecule has 3 rings (SSSR count). The molecule has 0 bridgehead atoms. The Balaban J connectivity index is 1.49. The first-order valence-electron chi connectivity index (χ1n) is 9.48. The number of benzene rings is 2. The maximum Gasteiger partial charge on any atom is 0.271 e. The average molecular weight is 470 g/mol. The first kappa shape index (κ1) is 23.1. The van der Waals surface area contributed by atoms with E-state index in [-0.39, 0.29) is 21.9 Å². The molecule has 2 aromatic carbocycles. The number of ether oxygens (including phenoxy) is 1. The van der Waals surface area contributed by atoms with Crippen molar-refractivity contribution in [3.8, 4) is 0 Å². The molecule has 1 saturated heterocycles. The topological polar surface area (TPSA) is 105 Å². The van der Waals surface area contributed by atoms with Gasteiger partial charge in [0.25, 0.3) is 5.91 Å². The van der Waals surface area contributed by atoms with Crippen molar-refractivity contribution in [3.63, 3.8) is 0 Å². The number of rotatable bonds is 6. The van der Waals surface area contributed by atoms with Gasteiger partial charge < -0.3 is 4.74 Å². The summed E-state index contributed by atoms with van der Waals surface area (Å²) in [5.74, 6) is -1.69. The number of carbonyl (C=O) groups is 2. The van der Waals surface area contributed by atoms with E-state index in [0.29, 0.717) is 32.7 Å². The van der Waals surface area contributed by atoms with Gasteiger partial charge in [-0.25, -0.2) is 12.8 Å². The van der Waals surface area contributed by atoms with E-state index in [1.165, 1.54) is 22.5 Å². The molecular formula is C20H21ClFN3O5S. The van der Waals surface area contributed by atoms with Crippen LogP contribution in [0.2, 0.25) is 5.02 Å². The highest BCUT2D eigenvalue weighted by molar-refractivity contribution is 7.89. The van der Waals surface area contributed by atoms with Crippen molar-refractivity contribution in [1.82, 2.24) is 15.2 Å². The Morgan fingerprint density at radius 1 is 1.06 bits per heavy atom. The fourth-order valence-corrected chi connectivity index (χ4v) is 4.61. The van der Waals surface area contributed by atoms with Crippen LogP contribution in [0, 0.1) is 5.82 Å². The summed E-state index contributed by atoms with van der Waals surface area (Å²) < 4.78 is 44.8. The molecule has 166 valence electrons. The number of hydrogen-bond acceptors (Lipinski definition) is 5. The molecule has 0 unspecified atom stereocenters. The van der Waals surface area contributed by atoms with E-state index in [9.17, 15) is 22.4 Å². The first-order valence-corrected chi connectivity index (χ1v) is 11.3. The maximum absolute atomic E-state index is 13.0. The molecule has 1 fully saturated rings. The van der Waals surface area contributed by atoms with E-state index in [2.05, 4.69) is 10.9 Å². The van der Waals surface area contributed by atoms with Gasteiger partial charge in [-0.2, -0.15) is 4.31 Å². The van der Waals surface area contributed by atoms with Crippen molar-refractivity contribution < 1.29 is 27.1 Å². The number of morpholine rings is 1. The van der Waals surface area contributed by atoms with E-state index in [4.69, 9.17) is 16.3 Å². The number of hydrazine groups is 1. The molecule has 0 spiro atoms. The smallest absolute Gasteiger partial charge is 0.271 e. The van der Waals surface area contributed by atoms with E-state index in [0.717, 1.165) is 17.7 Å². The van der Waals surface area contributed by atoms with Crippen LogP contribution in [0.15, 0.2) is 47.4 Å². The molecule has 2 amide bonds.